The second-order valence-corrected chi connectivity index (χ2v) is 8.95. The molecule has 1 aliphatic rings. The molecule has 7 nitrogen and oxygen atoms in total. The van der Waals surface area contributed by atoms with E-state index in [0.29, 0.717) is 19.1 Å². The van der Waals surface area contributed by atoms with E-state index in [1.165, 1.54) is 5.00 Å². The Kier molecular flexibility index (Phi) is 11.1. The molecule has 0 radical (unpaired) electrons. The Morgan fingerprint density at radius 1 is 1.38 bits per heavy atom. The van der Waals surface area contributed by atoms with Crippen LogP contribution < -0.4 is 15.5 Å². The van der Waals surface area contributed by atoms with E-state index in [4.69, 9.17) is 4.74 Å². The van der Waals surface area contributed by atoms with Gasteiger partial charge in [-0.3, -0.25) is 4.99 Å². The van der Waals surface area contributed by atoms with E-state index in [1.807, 2.05) is 20.8 Å². The molecular formula is C20H36IN5O2S. The maximum atomic E-state index is 12.0. The van der Waals surface area contributed by atoms with Crippen molar-refractivity contribution in [3.05, 3.63) is 17.5 Å². The summed E-state index contributed by atoms with van der Waals surface area (Å²) < 4.78 is 5.37. The van der Waals surface area contributed by atoms with Gasteiger partial charge in [-0.1, -0.05) is 0 Å². The number of nitrogens with zero attached hydrogens (tertiary/aromatic N) is 3. The number of ether oxygens (including phenoxy) is 1. The number of hydrogen-bond donors (Lipinski definition) is 2. The van der Waals surface area contributed by atoms with Gasteiger partial charge in [0.1, 0.15) is 5.60 Å². The standard InChI is InChI=1S/C20H35N5O2S.HI/c1-6-21-18(22-11-14-24(5)19(26)27-20(2,3)4)23-16-9-12-25(13-10-16)17-8-7-15-28-17;/h7-8,15-16H,6,9-14H2,1-5H3,(H2,21,22,23);1H. The summed E-state index contributed by atoms with van der Waals surface area (Å²) >= 11 is 1.80. The van der Waals surface area contributed by atoms with Gasteiger partial charge in [-0.2, -0.15) is 0 Å². The van der Waals surface area contributed by atoms with Crippen LogP contribution in [0.25, 0.3) is 0 Å². The zero-order valence-electron chi connectivity index (χ0n) is 18.2. The average molecular weight is 538 g/mol. The molecule has 1 fully saturated rings. The molecule has 1 aromatic rings. The maximum absolute atomic E-state index is 12.0. The van der Waals surface area contributed by atoms with Gasteiger partial charge in [0.2, 0.25) is 0 Å². The first-order chi connectivity index (χ1) is 13.3. The summed E-state index contributed by atoms with van der Waals surface area (Å²) in [6.07, 6.45) is 1.85. The van der Waals surface area contributed by atoms with Crippen LogP contribution in [-0.2, 0) is 4.74 Å². The van der Waals surface area contributed by atoms with Crippen LogP contribution >= 0.6 is 35.3 Å². The highest BCUT2D eigenvalue weighted by atomic mass is 127. The summed E-state index contributed by atoms with van der Waals surface area (Å²) in [4.78, 5) is 20.7. The van der Waals surface area contributed by atoms with E-state index in [-0.39, 0.29) is 30.1 Å². The van der Waals surface area contributed by atoms with E-state index >= 15 is 0 Å². The van der Waals surface area contributed by atoms with Crippen LogP contribution in [0.4, 0.5) is 9.80 Å². The number of guanidine groups is 1. The number of carbonyl (C=O) groups excluding carboxylic acids is 1. The first-order valence-electron chi connectivity index (χ1n) is 10.1. The minimum absolute atomic E-state index is 0. The molecule has 166 valence electrons. The van der Waals surface area contributed by atoms with Gasteiger partial charge < -0.3 is 25.2 Å². The fourth-order valence-electron chi connectivity index (χ4n) is 2.95. The molecule has 1 aromatic heterocycles. The van der Waals surface area contributed by atoms with E-state index < -0.39 is 5.60 Å². The van der Waals surface area contributed by atoms with E-state index in [2.05, 4.69) is 45.0 Å². The highest BCUT2D eigenvalue weighted by Crippen LogP contribution is 2.24. The summed E-state index contributed by atoms with van der Waals surface area (Å²) in [6.45, 7) is 11.6. The number of aliphatic imine (C=N–C) groups is 1. The Morgan fingerprint density at radius 3 is 2.62 bits per heavy atom. The van der Waals surface area contributed by atoms with Crippen molar-refractivity contribution in [3.8, 4) is 0 Å². The summed E-state index contributed by atoms with van der Waals surface area (Å²) in [5.74, 6) is 0.815. The predicted octanol–water partition coefficient (Wildman–Crippen LogP) is 3.76. The van der Waals surface area contributed by atoms with Gasteiger partial charge in [0.25, 0.3) is 0 Å². The van der Waals surface area contributed by atoms with E-state index in [9.17, 15) is 4.79 Å². The molecule has 2 heterocycles. The first kappa shape index (κ1) is 25.8. The third-order valence-electron chi connectivity index (χ3n) is 4.41. The third kappa shape index (κ3) is 9.41. The molecular weight excluding hydrogens is 501 g/mol. The number of hydrogen-bond acceptors (Lipinski definition) is 5. The van der Waals surface area contributed by atoms with Gasteiger partial charge in [0.05, 0.1) is 11.5 Å². The number of likely N-dealkylation sites (N-methyl/N-ethyl adjacent to an activating group) is 1. The first-order valence-corrected chi connectivity index (χ1v) is 10.9. The summed E-state index contributed by atoms with van der Waals surface area (Å²) in [6, 6.07) is 4.71. The highest BCUT2D eigenvalue weighted by Gasteiger charge is 2.21. The summed E-state index contributed by atoms with van der Waals surface area (Å²) in [5, 5.41) is 10.3. The summed E-state index contributed by atoms with van der Waals surface area (Å²) in [7, 11) is 1.74. The van der Waals surface area contributed by atoms with Crippen molar-refractivity contribution in [2.45, 2.75) is 52.2 Å². The quantitative estimate of drug-likeness (QED) is 0.329. The zero-order valence-corrected chi connectivity index (χ0v) is 21.4. The van der Waals surface area contributed by atoms with Crippen molar-refractivity contribution in [2.75, 3.05) is 44.7 Å². The minimum atomic E-state index is -0.483. The Balaban J connectivity index is 0.00000420. The fourth-order valence-corrected chi connectivity index (χ4v) is 3.74. The van der Waals surface area contributed by atoms with Gasteiger partial charge in [-0.05, 0) is 58.0 Å². The van der Waals surface area contributed by atoms with Crippen molar-refractivity contribution in [2.24, 2.45) is 4.99 Å². The van der Waals surface area contributed by atoms with Gasteiger partial charge in [0.15, 0.2) is 5.96 Å². The Morgan fingerprint density at radius 2 is 2.07 bits per heavy atom. The predicted molar refractivity (Wildman–Crippen MR) is 133 cm³/mol. The van der Waals surface area contributed by atoms with Crippen LogP contribution in [0.3, 0.4) is 0 Å². The third-order valence-corrected chi connectivity index (χ3v) is 5.34. The topological polar surface area (TPSA) is 69.2 Å². The number of carbonyl (C=O) groups is 1. The molecule has 0 aliphatic carbocycles. The molecule has 29 heavy (non-hydrogen) atoms. The van der Waals surface area contributed by atoms with Gasteiger partial charge in [-0.15, -0.1) is 35.3 Å². The molecule has 0 aromatic carbocycles. The van der Waals surface area contributed by atoms with Crippen LogP contribution in [-0.4, -0.2) is 68.4 Å². The van der Waals surface area contributed by atoms with Crippen LogP contribution in [0.5, 0.6) is 0 Å². The monoisotopic (exact) mass is 537 g/mol. The number of rotatable bonds is 6. The van der Waals surface area contributed by atoms with Crippen LogP contribution in [0.1, 0.15) is 40.5 Å². The minimum Gasteiger partial charge on any atom is -0.444 e. The lowest BCUT2D eigenvalue weighted by Crippen LogP contribution is -2.49. The number of amides is 1. The lowest BCUT2D eigenvalue weighted by atomic mass is 10.1. The lowest BCUT2D eigenvalue weighted by molar-refractivity contribution is 0.0304. The number of nitrogens with one attached hydrogen (secondary N) is 2. The largest absolute Gasteiger partial charge is 0.444 e. The Labute approximate surface area is 196 Å². The Bertz CT molecular complexity index is 625. The second-order valence-electron chi connectivity index (χ2n) is 8.02. The molecule has 9 heteroatoms. The lowest BCUT2D eigenvalue weighted by Gasteiger charge is -2.33. The second kappa shape index (κ2) is 12.5. The van der Waals surface area contributed by atoms with Crippen LogP contribution in [0, 0.1) is 0 Å². The Hall–Kier alpha value is -1.23. The van der Waals surface area contributed by atoms with Crippen molar-refractivity contribution in [1.29, 1.82) is 0 Å². The molecule has 0 spiro atoms. The molecule has 0 saturated carbocycles. The number of thiophene rings is 1. The average Bonchev–Trinajstić information content (AvgIpc) is 3.15. The normalized spacial score (nSPS) is 15.5. The molecule has 1 saturated heterocycles. The fraction of sp³-hybridized carbons (Fsp3) is 0.700. The van der Waals surface area contributed by atoms with Gasteiger partial charge >= 0.3 is 6.09 Å². The molecule has 0 bridgehead atoms. The van der Waals surface area contributed by atoms with Crippen LogP contribution in [0.15, 0.2) is 22.5 Å². The van der Waals surface area contributed by atoms with Crippen LogP contribution in [0.2, 0.25) is 0 Å². The van der Waals surface area contributed by atoms with Crippen molar-refractivity contribution < 1.29 is 9.53 Å². The van der Waals surface area contributed by atoms with Crippen molar-refractivity contribution in [3.63, 3.8) is 0 Å². The van der Waals surface area contributed by atoms with E-state index in [0.717, 1.165) is 38.4 Å². The smallest absolute Gasteiger partial charge is 0.410 e. The van der Waals surface area contributed by atoms with Gasteiger partial charge in [0, 0.05) is 39.3 Å². The molecule has 2 rings (SSSR count). The van der Waals surface area contributed by atoms with Crippen molar-refractivity contribution >= 4 is 52.4 Å². The van der Waals surface area contributed by atoms with E-state index in [1.54, 1.807) is 23.3 Å². The molecule has 1 amide bonds. The molecule has 2 N–H and O–H groups in total. The SMILES string of the molecule is CCNC(=NCCN(C)C(=O)OC(C)(C)C)NC1CCN(c2cccs2)CC1.I. The zero-order chi connectivity index (χ0) is 20.6. The maximum Gasteiger partial charge on any atom is 0.410 e. The molecule has 1 aliphatic heterocycles. The van der Waals surface area contributed by atoms with Gasteiger partial charge in [-0.25, -0.2) is 4.79 Å². The highest BCUT2D eigenvalue weighted by molar-refractivity contribution is 14.0. The summed E-state index contributed by atoms with van der Waals surface area (Å²) in [5.41, 5.74) is -0.483. The molecule has 0 atom stereocenters. The number of anilines is 1. The molecule has 0 unspecified atom stereocenters. The van der Waals surface area contributed by atoms with Crippen molar-refractivity contribution in [1.82, 2.24) is 15.5 Å². The number of piperidine rings is 1. The number of halogens is 1.